The van der Waals surface area contributed by atoms with E-state index >= 15 is 0 Å². The number of nitrogens with zero attached hydrogens (tertiary/aromatic N) is 2. The van der Waals surface area contributed by atoms with Crippen molar-refractivity contribution in [2.75, 3.05) is 0 Å². The van der Waals surface area contributed by atoms with Crippen molar-refractivity contribution in [3.8, 4) is 11.3 Å². The number of fused-ring (bicyclic) bond motifs is 3. The molecule has 72 valence electrons. The first kappa shape index (κ1) is 8.24. The summed E-state index contributed by atoms with van der Waals surface area (Å²) >= 11 is 0. The van der Waals surface area contributed by atoms with Crippen LogP contribution < -0.4 is 0 Å². The van der Waals surface area contributed by atoms with Crippen LogP contribution in [0.15, 0.2) is 49.3 Å². The van der Waals surface area contributed by atoms with Crippen LogP contribution in [0.3, 0.4) is 0 Å². The lowest BCUT2D eigenvalue weighted by Gasteiger charge is -2.01. The Labute approximate surface area is 87.8 Å². The van der Waals surface area contributed by atoms with E-state index in [4.69, 9.17) is 0 Å². The van der Waals surface area contributed by atoms with Gasteiger partial charge in [0.1, 0.15) is 0 Å². The molecular formula is C13H10N2. The summed E-state index contributed by atoms with van der Waals surface area (Å²) in [6, 6.07) is 10.3. The van der Waals surface area contributed by atoms with Crippen LogP contribution in [-0.4, -0.2) is 9.55 Å². The Morgan fingerprint density at radius 2 is 2.07 bits per heavy atom. The Bertz CT molecular complexity index is 607. The van der Waals surface area contributed by atoms with Gasteiger partial charge in [0.05, 0.1) is 11.2 Å². The minimum Gasteiger partial charge on any atom is -0.329 e. The molecule has 0 aromatic heterocycles. The van der Waals surface area contributed by atoms with Gasteiger partial charge < -0.3 is 4.57 Å². The number of hydrogen-bond donors (Lipinski definition) is 0. The van der Waals surface area contributed by atoms with Crippen molar-refractivity contribution in [2.24, 2.45) is 0 Å². The molecule has 15 heavy (non-hydrogen) atoms. The third-order valence-electron chi connectivity index (χ3n) is 2.61. The second-order valence-corrected chi connectivity index (χ2v) is 3.50. The highest BCUT2D eigenvalue weighted by atomic mass is 14.9. The van der Waals surface area contributed by atoms with Crippen molar-refractivity contribution in [1.82, 2.24) is 9.55 Å². The Kier molecular flexibility index (Phi) is 1.62. The monoisotopic (exact) mass is 194 g/mol. The van der Waals surface area contributed by atoms with Gasteiger partial charge in [0.15, 0.2) is 0 Å². The van der Waals surface area contributed by atoms with Gasteiger partial charge in [-0.15, -0.1) is 0 Å². The van der Waals surface area contributed by atoms with E-state index in [1.165, 1.54) is 10.9 Å². The molecule has 0 spiro atoms. The molecule has 2 heteroatoms. The average Bonchev–Trinajstić information content (AvgIpc) is 2.66. The van der Waals surface area contributed by atoms with Crippen molar-refractivity contribution < 1.29 is 0 Å². The Hall–Kier alpha value is -2.09. The van der Waals surface area contributed by atoms with Crippen LogP contribution in [0.4, 0.5) is 0 Å². The summed E-state index contributed by atoms with van der Waals surface area (Å²) < 4.78 is 1.91. The van der Waals surface area contributed by atoms with E-state index in [0.717, 1.165) is 11.2 Å². The van der Waals surface area contributed by atoms with Crippen LogP contribution in [0.2, 0.25) is 0 Å². The van der Waals surface area contributed by atoms with E-state index in [1.807, 2.05) is 35.2 Å². The molecule has 0 N–H and O–H groups in total. The highest BCUT2D eigenvalue weighted by molar-refractivity contribution is 5.97. The molecule has 0 atom stereocenters. The molecule has 0 saturated heterocycles. The lowest BCUT2D eigenvalue weighted by molar-refractivity contribution is 1.12. The Balaban J connectivity index is 2.43. The van der Waals surface area contributed by atoms with E-state index < -0.39 is 0 Å². The predicted molar refractivity (Wildman–Crippen MR) is 62.7 cm³/mol. The maximum atomic E-state index is 4.56. The summed E-state index contributed by atoms with van der Waals surface area (Å²) in [6.07, 6.45) is 5.74. The molecule has 0 radical (unpaired) electrons. The smallest absolute Gasteiger partial charge is 0.0882 e. The summed E-state index contributed by atoms with van der Waals surface area (Å²) in [7, 11) is 0. The van der Waals surface area contributed by atoms with Gasteiger partial charge in [0.2, 0.25) is 0 Å². The fraction of sp³-hybridized carbons (Fsp3) is 0. The van der Waals surface area contributed by atoms with Crippen LogP contribution >= 0.6 is 0 Å². The molecule has 2 nitrogen and oxygen atoms in total. The molecule has 2 aliphatic rings. The van der Waals surface area contributed by atoms with Crippen molar-refractivity contribution in [2.45, 2.75) is 0 Å². The summed E-state index contributed by atoms with van der Waals surface area (Å²) in [5.74, 6) is 0. The molecule has 0 bridgehead atoms. The van der Waals surface area contributed by atoms with E-state index in [2.05, 4.69) is 23.7 Å². The average molecular weight is 194 g/mol. The molecule has 2 heterocycles. The van der Waals surface area contributed by atoms with E-state index in [1.54, 1.807) is 6.20 Å². The zero-order valence-electron chi connectivity index (χ0n) is 8.22. The number of rotatable bonds is 1. The van der Waals surface area contributed by atoms with Crippen molar-refractivity contribution in [3.63, 3.8) is 0 Å². The van der Waals surface area contributed by atoms with Crippen molar-refractivity contribution in [1.29, 1.82) is 0 Å². The van der Waals surface area contributed by atoms with Crippen molar-refractivity contribution >= 4 is 17.1 Å². The van der Waals surface area contributed by atoms with Gasteiger partial charge in [-0.2, -0.15) is 0 Å². The first-order valence-electron chi connectivity index (χ1n) is 4.87. The van der Waals surface area contributed by atoms with Crippen molar-refractivity contribution in [3.05, 3.63) is 49.3 Å². The van der Waals surface area contributed by atoms with Crippen LogP contribution in [0.1, 0.15) is 0 Å². The first-order chi connectivity index (χ1) is 7.38. The lowest BCUT2D eigenvalue weighted by atomic mass is 10.1. The second kappa shape index (κ2) is 2.95. The van der Waals surface area contributed by atoms with Crippen LogP contribution in [-0.2, 0) is 0 Å². The van der Waals surface area contributed by atoms with Gasteiger partial charge in [-0.05, 0) is 12.1 Å². The topological polar surface area (TPSA) is 17.8 Å². The van der Waals surface area contributed by atoms with Crippen LogP contribution in [0.25, 0.3) is 28.4 Å². The zero-order valence-corrected chi connectivity index (χ0v) is 8.22. The number of benzene rings is 1. The van der Waals surface area contributed by atoms with Gasteiger partial charge in [-0.1, -0.05) is 24.8 Å². The van der Waals surface area contributed by atoms with Gasteiger partial charge in [0, 0.05) is 29.5 Å². The predicted octanol–water partition coefficient (Wildman–Crippen LogP) is 3.24. The molecule has 0 amide bonds. The molecule has 0 aliphatic carbocycles. The SMILES string of the molecule is C=Cn1ccc2c3ccccc3nc-2c1. The summed E-state index contributed by atoms with van der Waals surface area (Å²) in [5.41, 5.74) is 3.26. The molecule has 3 rings (SSSR count). The molecule has 1 aromatic carbocycles. The normalized spacial score (nSPS) is 10.9. The van der Waals surface area contributed by atoms with Crippen LogP contribution in [0, 0.1) is 0 Å². The van der Waals surface area contributed by atoms with Gasteiger partial charge >= 0.3 is 0 Å². The summed E-state index contributed by atoms with van der Waals surface area (Å²) in [5, 5.41) is 1.21. The number of aromatic nitrogens is 2. The minimum atomic E-state index is 1.01. The number of para-hydroxylation sites is 1. The molecule has 0 unspecified atom stereocenters. The third-order valence-corrected chi connectivity index (χ3v) is 2.61. The summed E-state index contributed by atoms with van der Waals surface area (Å²) in [4.78, 5) is 4.56. The molecular weight excluding hydrogens is 184 g/mol. The lowest BCUT2D eigenvalue weighted by Crippen LogP contribution is -1.88. The molecule has 2 aliphatic heterocycles. The first-order valence-corrected chi connectivity index (χ1v) is 4.87. The third kappa shape index (κ3) is 1.15. The largest absolute Gasteiger partial charge is 0.329 e. The quantitative estimate of drug-likeness (QED) is 0.581. The van der Waals surface area contributed by atoms with Crippen LogP contribution in [0.5, 0.6) is 0 Å². The maximum Gasteiger partial charge on any atom is 0.0882 e. The van der Waals surface area contributed by atoms with Gasteiger partial charge in [0.25, 0.3) is 0 Å². The Morgan fingerprint density at radius 3 is 2.93 bits per heavy atom. The Morgan fingerprint density at radius 1 is 1.20 bits per heavy atom. The molecule has 0 saturated carbocycles. The second-order valence-electron chi connectivity index (χ2n) is 3.50. The highest BCUT2D eigenvalue weighted by Gasteiger charge is 2.10. The zero-order chi connectivity index (χ0) is 10.3. The number of pyridine rings is 1. The van der Waals surface area contributed by atoms with E-state index in [9.17, 15) is 0 Å². The van der Waals surface area contributed by atoms with Gasteiger partial charge in [-0.25, -0.2) is 4.98 Å². The molecule has 0 fully saturated rings. The number of hydrogen-bond acceptors (Lipinski definition) is 1. The fourth-order valence-corrected chi connectivity index (χ4v) is 1.86. The molecule has 1 aromatic rings. The van der Waals surface area contributed by atoms with E-state index in [0.29, 0.717) is 0 Å². The maximum absolute atomic E-state index is 4.56. The standard InChI is InChI=1S/C13H10N2/c1-2-15-8-7-11-10-5-3-4-6-12(10)14-13(11)9-15/h2-9H,1H2. The highest BCUT2D eigenvalue weighted by Crippen LogP contribution is 2.30. The summed E-state index contributed by atoms with van der Waals surface area (Å²) in [6.45, 7) is 3.73. The van der Waals surface area contributed by atoms with Gasteiger partial charge in [-0.3, -0.25) is 0 Å². The minimum absolute atomic E-state index is 1.01. The fourth-order valence-electron chi connectivity index (χ4n) is 1.86. The van der Waals surface area contributed by atoms with E-state index in [-0.39, 0.29) is 0 Å².